The van der Waals surface area contributed by atoms with Gasteiger partial charge in [0.05, 0.1) is 15.2 Å². The highest BCUT2D eigenvalue weighted by molar-refractivity contribution is 9.10. The number of nitrogens with one attached hydrogen (secondary N) is 1. The van der Waals surface area contributed by atoms with Gasteiger partial charge in [-0.2, -0.15) is 0 Å². The molecule has 0 radical (unpaired) electrons. The van der Waals surface area contributed by atoms with E-state index in [4.69, 9.17) is 23.2 Å². The summed E-state index contributed by atoms with van der Waals surface area (Å²) in [4.78, 5) is 0. The lowest BCUT2D eigenvalue weighted by molar-refractivity contribution is 0.619. The van der Waals surface area contributed by atoms with Gasteiger partial charge in [0.2, 0.25) is 0 Å². The highest BCUT2D eigenvalue weighted by Crippen LogP contribution is 2.26. The van der Waals surface area contributed by atoms with E-state index in [2.05, 4.69) is 21.2 Å². The fourth-order valence-corrected chi connectivity index (χ4v) is 2.08. The molecule has 0 aliphatic carbocycles. The molecule has 0 fully saturated rings. The minimum absolute atomic E-state index is 0.286. The fourth-order valence-electron chi connectivity index (χ4n) is 1.48. The topological polar surface area (TPSA) is 12.0 Å². The average molecular weight is 349 g/mol. The summed E-state index contributed by atoms with van der Waals surface area (Å²) in [5.41, 5.74) is 1.55. The summed E-state index contributed by atoms with van der Waals surface area (Å²) in [6, 6.07) is 10.1. The zero-order valence-electron chi connectivity index (χ0n) is 9.18. The van der Waals surface area contributed by atoms with E-state index in [1.54, 1.807) is 24.3 Å². The molecule has 0 aromatic heterocycles. The Hall–Kier alpha value is -0.770. The van der Waals surface area contributed by atoms with Gasteiger partial charge in [-0.15, -0.1) is 0 Å². The van der Waals surface area contributed by atoms with Crippen LogP contribution in [0.5, 0.6) is 0 Å². The van der Waals surface area contributed by atoms with Crippen molar-refractivity contribution in [2.45, 2.75) is 6.54 Å². The summed E-state index contributed by atoms with van der Waals surface area (Å²) >= 11 is 15.0. The van der Waals surface area contributed by atoms with E-state index in [-0.39, 0.29) is 5.82 Å². The lowest BCUT2D eigenvalue weighted by Crippen LogP contribution is -2.00. The summed E-state index contributed by atoms with van der Waals surface area (Å²) in [6.45, 7) is 0.476. The van der Waals surface area contributed by atoms with Gasteiger partial charge in [0.1, 0.15) is 5.82 Å². The Labute approximate surface area is 123 Å². The van der Waals surface area contributed by atoms with Gasteiger partial charge in [0.25, 0.3) is 0 Å². The first-order chi connectivity index (χ1) is 8.56. The number of hydrogen-bond donors (Lipinski definition) is 1. The minimum Gasteiger partial charge on any atom is -0.380 e. The third-order valence-electron chi connectivity index (χ3n) is 2.40. The van der Waals surface area contributed by atoms with Gasteiger partial charge in [0, 0.05) is 11.6 Å². The van der Waals surface area contributed by atoms with Crippen LogP contribution in [0.15, 0.2) is 40.9 Å². The number of hydrogen-bond acceptors (Lipinski definition) is 1. The molecule has 0 saturated heterocycles. The van der Waals surface area contributed by atoms with Crippen molar-refractivity contribution in [3.63, 3.8) is 0 Å². The monoisotopic (exact) mass is 347 g/mol. The number of benzene rings is 2. The van der Waals surface area contributed by atoms with Crippen LogP contribution in [0.4, 0.5) is 10.1 Å². The van der Waals surface area contributed by atoms with Crippen LogP contribution in [0, 0.1) is 5.82 Å². The predicted octanol–water partition coefficient (Wildman–Crippen LogP) is 5.51. The Bertz CT molecular complexity index is 575. The molecule has 18 heavy (non-hydrogen) atoms. The number of rotatable bonds is 3. The maximum absolute atomic E-state index is 13.3. The maximum Gasteiger partial charge on any atom is 0.137 e. The quantitative estimate of drug-likeness (QED) is 0.771. The average Bonchev–Trinajstić information content (AvgIpc) is 2.34. The summed E-state index contributed by atoms with van der Waals surface area (Å²) in [6.07, 6.45) is 0. The van der Waals surface area contributed by atoms with Crippen LogP contribution in [-0.4, -0.2) is 0 Å². The summed E-state index contributed by atoms with van der Waals surface area (Å²) in [5.74, 6) is -0.286. The molecule has 0 amide bonds. The van der Waals surface area contributed by atoms with Crippen LogP contribution in [0.2, 0.25) is 10.0 Å². The Morgan fingerprint density at radius 3 is 2.61 bits per heavy atom. The van der Waals surface area contributed by atoms with Gasteiger partial charge in [-0.3, -0.25) is 0 Å². The van der Waals surface area contributed by atoms with E-state index >= 15 is 0 Å². The van der Waals surface area contributed by atoms with Crippen LogP contribution in [-0.2, 0) is 6.54 Å². The standard InChI is InChI=1S/C13H9BrCl2FN/c14-10-3-1-8(5-12(10)17)7-18-13-6-9(15)2-4-11(13)16/h1-6,18H,7H2. The Morgan fingerprint density at radius 2 is 1.89 bits per heavy atom. The van der Waals surface area contributed by atoms with Crippen molar-refractivity contribution in [2.24, 2.45) is 0 Å². The van der Waals surface area contributed by atoms with Crippen molar-refractivity contribution in [2.75, 3.05) is 5.32 Å². The van der Waals surface area contributed by atoms with E-state index in [0.717, 1.165) is 11.3 Å². The molecule has 0 spiro atoms. The summed E-state index contributed by atoms with van der Waals surface area (Å²) in [7, 11) is 0. The third kappa shape index (κ3) is 3.37. The highest BCUT2D eigenvalue weighted by atomic mass is 79.9. The molecular weight excluding hydrogens is 340 g/mol. The van der Waals surface area contributed by atoms with Crippen molar-refractivity contribution in [1.82, 2.24) is 0 Å². The van der Waals surface area contributed by atoms with Crippen molar-refractivity contribution >= 4 is 44.8 Å². The van der Waals surface area contributed by atoms with Crippen molar-refractivity contribution in [3.05, 3.63) is 62.3 Å². The molecule has 0 heterocycles. The van der Waals surface area contributed by atoms with E-state index in [9.17, 15) is 4.39 Å². The van der Waals surface area contributed by atoms with Gasteiger partial charge >= 0.3 is 0 Å². The van der Waals surface area contributed by atoms with E-state index in [0.29, 0.717) is 21.1 Å². The molecular formula is C13H9BrCl2FN. The predicted molar refractivity (Wildman–Crippen MR) is 77.9 cm³/mol. The molecule has 0 saturated carbocycles. The van der Waals surface area contributed by atoms with Gasteiger partial charge < -0.3 is 5.32 Å². The first kappa shape index (κ1) is 13.7. The van der Waals surface area contributed by atoms with E-state index in [1.165, 1.54) is 6.07 Å². The molecule has 0 aliphatic heterocycles. The Kier molecular flexibility index (Phi) is 4.49. The second kappa shape index (κ2) is 5.91. The first-order valence-corrected chi connectivity index (χ1v) is 6.74. The van der Waals surface area contributed by atoms with Gasteiger partial charge in [0.15, 0.2) is 0 Å². The minimum atomic E-state index is -0.286. The van der Waals surface area contributed by atoms with Crippen LogP contribution in [0.1, 0.15) is 5.56 Å². The molecule has 1 N–H and O–H groups in total. The Balaban J connectivity index is 2.11. The normalized spacial score (nSPS) is 10.4. The number of anilines is 1. The SMILES string of the molecule is Fc1cc(CNc2cc(Cl)ccc2Cl)ccc1Br. The van der Waals surface area contributed by atoms with Crippen LogP contribution in [0.25, 0.3) is 0 Å². The molecule has 2 aromatic carbocycles. The second-order valence-electron chi connectivity index (χ2n) is 3.73. The second-order valence-corrected chi connectivity index (χ2v) is 5.42. The molecule has 0 unspecified atom stereocenters. The highest BCUT2D eigenvalue weighted by Gasteiger charge is 2.03. The largest absolute Gasteiger partial charge is 0.380 e. The number of halogens is 4. The molecule has 1 nitrogen and oxygen atoms in total. The summed E-state index contributed by atoms with van der Waals surface area (Å²) < 4.78 is 13.8. The Morgan fingerprint density at radius 1 is 1.11 bits per heavy atom. The smallest absolute Gasteiger partial charge is 0.137 e. The van der Waals surface area contributed by atoms with Gasteiger partial charge in [-0.25, -0.2) is 4.39 Å². The van der Waals surface area contributed by atoms with Crippen LogP contribution >= 0.6 is 39.1 Å². The van der Waals surface area contributed by atoms with Gasteiger partial charge in [-0.1, -0.05) is 29.3 Å². The molecule has 0 atom stereocenters. The molecule has 0 bridgehead atoms. The van der Waals surface area contributed by atoms with Crippen molar-refractivity contribution in [3.8, 4) is 0 Å². The van der Waals surface area contributed by atoms with Crippen molar-refractivity contribution < 1.29 is 4.39 Å². The van der Waals surface area contributed by atoms with Crippen molar-refractivity contribution in [1.29, 1.82) is 0 Å². The molecule has 5 heteroatoms. The maximum atomic E-state index is 13.3. The lowest BCUT2D eigenvalue weighted by Gasteiger charge is -2.09. The zero-order valence-corrected chi connectivity index (χ0v) is 12.3. The molecule has 0 aliphatic rings. The van der Waals surface area contributed by atoms with E-state index in [1.807, 2.05) is 6.07 Å². The fraction of sp³-hybridized carbons (Fsp3) is 0.0769. The molecule has 94 valence electrons. The molecule has 2 rings (SSSR count). The van der Waals surface area contributed by atoms with E-state index < -0.39 is 0 Å². The van der Waals surface area contributed by atoms with Crippen LogP contribution in [0.3, 0.4) is 0 Å². The van der Waals surface area contributed by atoms with Crippen LogP contribution < -0.4 is 5.32 Å². The summed E-state index contributed by atoms with van der Waals surface area (Å²) in [5, 5.41) is 4.30. The third-order valence-corrected chi connectivity index (χ3v) is 3.60. The molecule has 2 aromatic rings. The zero-order chi connectivity index (χ0) is 13.1. The first-order valence-electron chi connectivity index (χ1n) is 5.19. The van der Waals surface area contributed by atoms with Gasteiger partial charge in [-0.05, 0) is 51.8 Å². The lowest BCUT2D eigenvalue weighted by atomic mass is 10.2.